The van der Waals surface area contributed by atoms with Gasteiger partial charge < -0.3 is 0 Å². The second-order valence-corrected chi connectivity index (χ2v) is 13.3. The number of halogens is 2. The van der Waals surface area contributed by atoms with Crippen LogP contribution in [-0.2, 0) is 12.8 Å². The standard InChI is InChI=1S/C36H36Cl2S2/c37-21-5-23-39-25-19-27-11-15-29(16-12-27)35-31-7-1-2-8-32(31)36(34-10-4-3-9-33(34)35)30-17-13-28(14-18-30)20-26-40-24-6-22-38/h1-4,7-18H,5-6,19-26H2. The fraction of sp³-hybridized carbons (Fsp3) is 0.278. The zero-order valence-electron chi connectivity index (χ0n) is 22.9. The number of hydrogen-bond acceptors (Lipinski definition) is 2. The summed E-state index contributed by atoms with van der Waals surface area (Å²) >= 11 is 15.6. The second kappa shape index (κ2) is 15.2. The molecule has 0 spiro atoms. The largest absolute Gasteiger partial charge is 0.162 e. The van der Waals surface area contributed by atoms with E-state index >= 15 is 0 Å². The van der Waals surface area contributed by atoms with Gasteiger partial charge >= 0.3 is 0 Å². The summed E-state index contributed by atoms with van der Waals surface area (Å²) in [5.41, 5.74) is 7.99. The fourth-order valence-electron chi connectivity index (χ4n) is 5.32. The van der Waals surface area contributed by atoms with E-state index in [2.05, 4.69) is 97.1 Å². The first kappa shape index (κ1) is 29.4. The molecule has 0 radical (unpaired) electrons. The summed E-state index contributed by atoms with van der Waals surface area (Å²) in [5, 5.41) is 5.22. The Labute approximate surface area is 257 Å². The third kappa shape index (κ3) is 7.21. The van der Waals surface area contributed by atoms with Gasteiger partial charge in [0.25, 0.3) is 0 Å². The van der Waals surface area contributed by atoms with Gasteiger partial charge in [0, 0.05) is 11.8 Å². The van der Waals surface area contributed by atoms with Gasteiger partial charge in [-0.05, 0) is 104 Å². The van der Waals surface area contributed by atoms with E-state index in [4.69, 9.17) is 23.2 Å². The van der Waals surface area contributed by atoms with E-state index in [-0.39, 0.29) is 0 Å². The Hall–Kier alpha value is -2.10. The van der Waals surface area contributed by atoms with Crippen LogP contribution >= 0.6 is 46.7 Å². The van der Waals surface area contributed by atoms with Crippen LogP contribution in [0.4, 0.5) is 0 Å². The number of benzene rings is 5. The highest BCUT2D eigenvalue weighted by atomic mass is 35.5. The van der Waals surface area contributed by atoms with Crippen molar-refractivity contribution in [2.45, 2.75) is 25.7 Å². The van der Waals surface area contributed by atoms with Gasteiger partial charge in [0.2, 0.25) is 0 Å². The molecule has 0 aliphatic carbocycles. The van der Waals surface area contributed by atoms with Crippen LogP contribution in [0.2, 0.25) is 0 Å². The maximum absolute atomic E-state index is 5.82. The Bertz CT molecular complexity index is 1340. The lowest BCUT2D eigenvalue weighted by molar-refractivity contribution is 1.10. The van der Waals surface area contributed by atoms with Gasteiger partial charge in [-0.3, -0.25) is 0 Å². The number of hydrogen-bond donors (Lipinski definition) is 0. The molecule has 40 heavy (non-hydrogen) atoms. The predicted octanol–water partition coefficient (Wildman–Crippen LogP) is 11.1. The van der Waals surface area contributed by atoms with Crippen LogP contribution in [0, 0.1) is 0 Å². The number of thioether (sulfide) groups is 2. The molecule has 0 bridgehead atoms. The molecule has 0 unspecified atom stereocenters. The van der Waals surface area contributed by atoms with Gasteiger partial charge in [-0.2, -0.15) is 23.5 Å². The topological polar surface area (TPSA) is 0 Å². The summed E-state index contributed by atoms with van der Waals surface area (Å²) in [6.45, 7) is 0. The first-order chi connectivity index (χ1) is 19.8. The van der Waals surface area contributed by atoms with E-state index in [0.29, 0.717) is 0 Å². The molecule has 4 heteroatoms. The SMILES string of the molecule is ClCCCSCCc1ccc(-c2c3ccccc3c(-c3ccc(CCSCCCCl)cc3)c3ccccc23)cc1. The van der Waals surface area contributed by atoms with E-state index in [1.54, 1.807) is 0 Å². The number of rotatable bonds is 14. The molecule has 0 nitrogen and oxygen atoms in total. The van der Waals surface area contributed by atoms with Crippen molar-refractivity contribution in [2.75, 3.05) is 34.8 Å². The molecule has 0 saturated carbocycles. The molecule has 0 heterocycles. The van der Waals surface area contributed by atoms with Gasteiger partial charge in [0.15, 0.2) is 0 Å². The maximum Gasteiger partial charge on any atom is 0.0231 e. The van der Waals surface area contributed by atoms with Crippen LogP contribution in [0.1, 0.15) is 24.0 Å². The van der Waals surface area contributed by atoms with E-state index in [1.807, 2.05) is 23.5 Å². The van der Waals surface area contributed by atoms with Gasteiger partial charge in [-0.1, -0.05) is 97.1 Å². The Morgan fingerprint density at radius 3 is 1.10 bits per heavy atom. The number of alkyl halides is 2. The molecule has 0 N–H and O–H groups in total. The zero-order valence-corrected chi connectivity index (χ0v) is 26.0. The summed E-state index contributed by atoms with van der Waals surface area (Å²) in [5.74, 6) is 6.07. The molecule has 0 atom stereocenters. The molecule has 0 aromatic heterocycles. The lowest BCUT2D eigenvalue weighted by Crippen LogP contribution is -1.93. The van der Waals surface area contributed by atoms with Gasteiger partial charge in [0.05, 0.1) is 0 Å². The number of aryl methyl sites for hydroxylation is 2. The average molecular weight is 604 g/mol. The predicted molar refractivity (Wildman–Crippen MR) is 185 cm³/mol. The quantitative estimate of drug-likeness (QED) is 0.0704. The van der Waals surface area contributed by atoms with Gasteiger partial charge in [0.1, 0.15) is 0 Å². The highest BCUT2D eigenvalue weighted by Crippen LogP contribution is 2.43. The van der Waals surface area contributed by atoms with Gasteiger partial charge in [-0.25, -0.2) is 0 Å². The normalized spacial score (nSPS) is 11.4. The minimum absolute atomic E-state index is 0.753. The van der Waals surface area contributed by atoms with Crippen LogP contribution in [0.3, 0.4) is 0 Å². The number of fused-ring (bicyclic) bond motifs is 2. The first-order valence-corrected chi connectivity index (χ1v) is 17.6. The molecular weight excluding hydrogens is 567 g/mol. The van der Waals surface area contributed by atoms with Crippen molar-refractivity contribution >= 4 is 68.3 Å². The van der Waals surface area contributed by atoms with E-state index in [9.17, 15) is 0 Å². The van der Waals surface area contributed by atoms with Crippen molar-refractivity contribution < 1.29 is 0 Å². The Morgan fingerprint density at radius 1 is 0.425 bits per heavy atom. The Kier molecular flexibility index (Phi) is 11.2. The lowest BCUT2D eigenvalue weighted by Gasteiger charge is -2.18. The summed E-state index contributed by atoms with van der Waals surface area (Å²) in [6.07, 6.45) is 4.35. The lowest BCUT2D eigenvalue weighted by atomic mass is 9.85. The molecular formula is C36H36Cl2S2. The van der Waals surface area contributed by atoms with Gasteiger partial charge in [-0.15, -0.1) is 23.2 Å². The summed E-state index contributed by atoms with van der Waals surface area (Å²) in [7, 11) is 0. The van der Waals surface area contributed by atoms with Crippen LogP contribution in [-0.4, -0.2) is 34.8 Å². The van der Waals surface area contributed by atoms with E-state index in [0.717, 1.165) is 60.5 Å². The maximum atomic E-state index is 5.82. The van der Waals surface area contributed by atoms with Crippen molar-refractivity contribution in [3.63, 3.8) is 0 Å². The van der Waals surface area contributed by atoms with E-state index < -0.39 is 0 Å². The van der Waals surface area contributed by atoms with Crippen LogP contribution in [0.25, 0.3) is 43.8 Å². The minimum Gasteiger partial charge on any atom is -0.162 e. The smallest absolute Gasteiger partial charge is 0.0231 e. The van der Waals surface area contributed by atoms with E-state index in [1.165, 1.54) is 54.9 Å². The van der Waals surface area contributed by atoms with Crippen LogP contribution in [0.15, 0.2) is 97.1 Å². The molecule has 206 valence electrons. The Balaban J connectivity index is 1.47. The molecule has 5 rings (SSSR count). The Morgan fingerprint density at radius 2 is 0.775 bits per heavy atom. The molecule has 0 saturated heterocycles. The van der Waals surface area contributed by atoms with Crippen LogP contribution < -0.4 is 0 Å². The summed E-state index contributed by atoms with van der Waals surface area (Å²) in [4.78, 5) is 0. The highest BCUT2D eigenvalue weighted by molar-refractivity contribution is 7.99. The van der Waals surface area contributed by atoms with Crippen molar-refractivity contribution in [3.05, 3.63) is 108 Å². The third-order valence-electron chi connectivity index (χ3n) is 7.33. The monoisotopic (exact) mass is 602 g/mol. The first-order valence-electron chi connectivity index (χ1n) is 14.2. The van der Waals surface area contributed by atoms with Crippen molar-refractivity contribution in [2.24, 2.45) is 0 Å². The summed E-state index contributed by atoms with van der Waals surface area (Å²) in [6, 6.07) is 36.3. The van der Waals surface area contributed by atoms with Crippen molar-refractivity contribution in [1.82, 2.24) is 0 Å². The van der Waals surface area contributed by atoms with Crippen molar-refractivity contribution in [1.29, 1.82) is 0 Å². The fourth-order valence-corrected chi connectivity index (χ4v) is 7.77. The van der Waals surface area contributed by atoms with Crippen molar-refractivity contribution in [3.8, 4) is 22.3 Å². The molecule has 0 aliphatic heterocycles. The molecule has 0 aliphatic rings. The highest BCUT2D eigenvalue weighted by Gasteiger charge is 2.16. The molecule has 5 aromatic rings. The molecule has 5 aromatic carbocycles. The second-order valence-electron chi connectivity index (χ2n) is 10.0. The molecule has 0 fully saturated rings. The minimum atomic E-state index is 0.753. The summed E-state index contributed by atoms with van der Waals surface area (Å²) < 4.78 is 0. The van der Waals surface area contributed by atoms with Crippen LogP contribution in [0.5, 0.6) is 0 Å². The zero-order chi connectivity index (χ0) is 27.6. The third-order valence-corrected chi connectivity index (χ3v) is 10.0. The average Bonchev–Trinajstić information content (AvgIpc) is 3.00. The molecule has 0 amide bonds.